The highest BCUT2D eigenvalue weighted by atomic mass is 35.5. The number of benzene rings is 2. The number of azo groups is 1. The number of rotatable bonds is 21. The molecule has 0 aliphatic rings. The van der Waals surface area contributed by atoms with Gasteiger partial charge in [0.1, 0.15) is 17.1 Å². The summed E-state index contributed by atoms with van der Waals surface area (Å²) < 4.78 is 83.0. The molecule has 0 spiro atoms. The van der Waals surface area contributed by atoms with Gasteiger partial charge >= 0.3 is 10.4 Å². The quantitative estimate of drug-likeness (QED) is 0.0415. The van der Waals surface area contributed by atoms with Crippen LogP contribution in [0.25, 0.3) is 0 Å². The molecule has 0 saturated carbocycles. The van der Waals surface area contributed by atoms with Crippen molar-refractivity contribution in [2.75, 3.05) is 50.7 Å². The first-order chi connectivity index (χ1) is 20.0. The van der Waals surface area contributed by atoms with Gasteiger partial charge in [0.25, 0.3) is 0 Å². The summed E-state index contributed by atoms with van der Waals surface area (Å²) in [6.45, 7) is -0.000176. The second-order valence-corrected chi connectivity index (χ2v) is 11.9. The van der Waals surface area contributed by atoms with Gasteiger partial charge in [0.05, 0.1) is 42.6 Å². The van der Waals surface area contributed by atoms with Crippen molar-refractivity contribution >= 4 is 73.5 Å². The number of methoxy groups -OCH3 is 1. The van der Waals surface area contributed by atoms with Crippen molar-refractivity contribution in [1.29, 1.82) is 0 Å². The molecule has 18 nitrogen and oxygen atoms in total. The summed E-state index contributed by atoms with van der Waals surface area (Å²) in [5.41, 5.74) is 0.860. The van der Waals surface area contributed by atoms with E-state index in [1.54, 1.807) is 23.1 Å². The fourth-order valence-corrected chi connectivity index (χ4v) is 5.12. The molecule has 0 bridgehead atoms. The van der Waals surface area contributed by atoms with E-state index in [4.69, 9.17) is 39.8 Å². The van der Waals surface area contributed by atoms with Gasteiger partial charge in [-0.25, -0.2) is 23.1 Å². The van der Waals surface area contributed by atoms with Crippen LogP contribution < -0.4 is 9.64 Å². The zero-order valence-electron chi connectivity index (χ0n) is 21.3. The van der Waals surface area contributed by atoms with Gasteiger partial charge in [0, 0.05) is 18.8 Å². The summed E-state index contributed by atoms with van der Waals surface area (Å²) in [5.74, 6) is -0.551. The van der Waals surface area contributed by atoms with Crippen LogP contribution in [0.4, 0.5) is 17.1 Å². The van der Waals surface area contributed by atoms with Gasteiger partial charge in [-0.1, -0.05) is 21.7 Å². The maximum absolute atomic E-state index is 12.6. The van der Waals surface area contributed by atoms with Crippen LogP contribution in [0, 0.1) is 0 Å². The molecule has 0 heterocycles. The molecule has 2 aromatic carbocycles. The minimum atomic E-state index is -4.80. The Labute approximate surface area is 253 Å². The smallest absolute Gasteiger partial charge is 0.397 e. The maximum Gasteiger partial charge on any atom is 0.397 e. The van der Waals surface area contributed by atoms with Crippen LogP contribution in [0.5, 0.6) is 5.75 Å². The lowest BCUT2D eigenvalue weighted by atomic mass is 10.2. The number of hydrogen-bond acceptors (Lipinski definition) is 19. The number of halogens is 1. The molecule has 0 fully saturated rings. The van der Waals surface area contributed by atoms with Gasteiger partial charge in [0.2, 0.25) is 0 Å². The molecule has 3 N–H and O–H groups in total. The summed E-state index contributed by atoms with van der Waals surface area (Å²) in [6.07, 6.45) is 0. The number of anilines is 1. The highest BCUT2D eigenvalue weighted by Crippen LogP contribution is 2.35. The van der Waals surface area contributed by atoms with E-state index in [-0.39, 0.29) is 53.3 Å². The third-order valence-corrected chi connectivity index (χ3v) is 7.96. The molecule has 0 aliphatic carbocycles. The van der Waals surface area contributed by atoms with Gasteiger partial charge in [-0.05, 0) is 36.4 Å². The molecule has 0 atom stereocenters. The molecule has 0 amide bonds. The molecule has 0 radical (unpaired) electrons. The Kier molecular flexibility index (Phi) is 16.2. The highest BCUT2D eigenvalue weighted by molar-refractivity contribution is 7.91. The fourth-order valence-electron chi connectivity index (χ4n) is 2.99. The van der Waals surface area contributed by atoms with Gasteiger partial charge in [-0.15, -0.1) is 18.9 Å². The Hall–Kier alpha value is -1.87. The van der Waals surface area contributed by atoms with Gasteiger partial charge in [-0.3, -0.25) is 12.9 Å². The number of sulfone groups is 1. The number of hydrogen-bond donors (Lipinski definition) is 3. The molecule has 0 aliphatic heterocycles. The summed E-state index contributed by atoms with van der Waals surface area (Å²) in [6, 6.07) is 8.52. The summed E-state index contributed by atoms with van der Waals surface area (Å²) in [7, 11) is -7.49. The average Bonchev–Trinajstić information content (AvgIpc) is 2.94. The van der Waals surface area contributed by atoms with Crippen LogP contribution in [-0.4, -0.2) is 77.7 Å². The largest absolute Gasteiger partial charge is 0.494 e. The Bertz CT molecular complexity index is 1350. The number of nitrogens with zero attached hydrogens (tertiary/aromatic N) is 3. The third-order valence-electron chi connectivity index (χ3n) is 4.76. The topological polar surface area (TPSA) is 231 Å². The molecule has 0 aromatic heterocycles. The standard InChI is InChI=1S/C19H24ClN3O15S4/c1-31-19-5-3-15(41(26,27)11-10-34-42(28,29)30)13-18(19)22-21-17-4-2-14(12-16(17)20)23(6-8-32-39-37-35-24)7-9-33-40-38-36-25/h2-5,12-13,24-25H,6-11H2,1H3,(H,28,29,30). The van der Waals surface area contributed by atoms with E-state index < -0.39 is 32.6 Å². The van der Waals surface area contributed by atoms with Gasteiger partial charge < -0.3 is 9.64 Å². The summed E-state index contributed by atoms with van der Waals surface area (Å²) in [4.78, 5) is 1.57. The zero-order chi connectivity index (χ0) is 31.0. The van der Waals surface area contributed by atoms with E-state index in [0.717, 1.165) is 0 Å². The second-order valence-electron chi connectivity index (χ2n) is 7.29. The van der Waals surface area contributed by atoms with Crippen LogP contribution >= 0.6 is 36.2 Å². The van der Waals surface area contributed by atoms with E-state index in [0.29, 0.717) is 30.3 Å². The molecule has 42 heavy (non-hydrogen) atoms. The minimum absolute atomic E-state index is 0.0310. The lowest BCUT2D eigenvalue weighted by Crippen LogP contribution is -2.30. The lowest BCUT2D eigenvalue weighted by molar-refractivity contribution is -0.434. The van der Waals surface area contributed by atoms with E-state index in [2.05, 4.69) is 33.2 Å². The summed E-state index contributed by atoms with van der Waals surface area (Å²) in [5, 5.41) is 31.5. The van der Waals surface area contributed by atoms with E-state index >= 15 is 0 Å². The van der Waals surface area contributed by atoms with Crippen LogP contribution in [0.1, 0.15) is 0 Å². The normalized spacial score (nSPS) is 12.2. The first kappa shape index (κ1) is 36.3. The van der Waals surface area contributed by atoms with Crippen molar-refractivity contribution in [1.82, 2.24) is 0 Å². The first-order valence-electron chi connectivity index (χ1n) is 11.0. The Morgan fingerprint density at radius 1 is 0.881 bits per heavy atom. The Morgan fingerprint density at radius 2 is 1.50 bits per heavy atom. The Balaban J connectivity index is 2.20. The third kappa shape index (κ3) is 13.2. The molecule has 2 aromatic rings. The molecular weight excluding hydrogens is 674 g/mol. The predicted octanol–water partition coefficient (Wildman–Crippen LogP) is 4.17. The molecule has 0 saturated heterocycles. The second kappa shape index (κ2) is 18.7. The maximum atomic E-state index is 12.6. The number of ether oxygens (including phenoxy) is 1. The molecule has 2 rings (SSSR count). The van der Waals surface area contributed by atoms with Crippen molar-refractivity contribution in [3.8, 4) is 5.75 Å². The summed E-state index contributed by atoms with van der Waals surface area (Å²) >= 11 is 7.24. The molecule has 236 valence electrons. The Morgan fingerprint density at radius 3 is 2.05 bits per heavy atom. The first-order valence-corrected chi connectivity index (χ1v) is 15.7. The van der Waals surface area contributed by atoms with Crippen LogP contribution in [0.3, 0.4) is 0 Å². The molecular formula is C19H24ClN3O15S4. The van der Waals surface area contributed by atoms with Crippen LogP contribution in [-0.2, 0) is 51.5 Å². The van der Waals surface area contributed by atoms with Crippen molar-refractivity contribution in [2.24, 2.45) is 10.2 Å². The molecule has 23 heteroatoms. The van der Waals surface area contributed by atoms with Crippen LogP contribution in [0.15, 0.2) is 51.5 Å². The van der Waals surface area contributed by atoms with Crippen molar-refractivity contribution in [3.05, 3.63) is 41.4 Å². The van der Waals surface area contributed by atoms with E-state index in [1.165, 1.54) is 25.3 Å². The lowest BCUT2D eigenvalue weighted by Gasteiger charge is -2.24. The van der Waals surface area contributed by atoms with Crippen molar-refractivity contribution in [3.63, 3.8) is 0 Å². The predicted molar refractivity (Wildman–Crippen MR) is 147 cm³/mol. The zero-order valence-corrected chi connectivity index (χ0v) is 25.3. The van der Waals surface area contributed by atoms with Gasteiger partial charge in [0.15, 0.2) is 34.5 Å². The van der Waals surface area contributed by atoms with Crippen molar-refractivity contribution in [2.45, 2.75) is 4.90 Å². The fraction of sp³-hybridized carbons (Fsp3) is 0.368. The SMILES string of the molecule is COc1ccc(S(=O)(=O)CCOS(=O)(=O)O)cc1N=Nc1ccc(N(CCOSOOO)CCOSOOO)cc1Cl. The van der Waals surface area contributed by atoms with Gasteiger partial charge in [-0.2, -0.15) is 8.42 Å². The van der Waals surface area contributed by atoms with E-state index in [1.807, 2.05) is 0 Å². The average molecular weight is 698 g/mol. The highest BCUT2D eigenvalue weighted by Gasteiger charge is 2.19. The van der Waals surface area contributed by atoms with E-state index in [9.17, 15) is 16.8 Å². The molecule has 0 unspecified atom stereocenters. The van der Waals surface area contributed by atoms with Crippen molar-refractivity contribution < 1.29 is 67.9 Å². The van der Waals surface area contributed by atoms with Crippen LogP contribution in [0.2, 0.25) is 5.02 Å². The minimum Gasteiger partial charge on any atom is -0.494 e. The monoisotopic (exact) mass is 697 g/mol.